The highest BCUT2D eigenvalue weighted by atomic mass is 32.2. The summed E-state index contributed by atoms with van der Waals surface area (Å²) in [7, 11) is 0.932. The van der Waals surface area contributed by atoms with Crippen LogP contribution in [0.3, 0.4) is 0 Å². The van der Waals surface area contributed by atoms with Gasteiger partial charge in [0.25, 0.3) is 0 Å². The van der Waals surface area contributed by atoms with Crippen molar-refractivity contribution in [3.8, 4) is 0 Å². The van der Waals surface area contributed by atoms with Crippen LogP contribution in [0.5, 0.6) is 0 Å². The zero-order valence-corrected chi connectivity index (χ0v) is 15.4. The summed E-state index contributed by atoms with van der Waals surface area (Å²) in [6, 6.07) is 7.42. The van der Waals surface area contributed by atoms with Crippen LogP contribution in [0.25, 0.3) is 0 Å². The van der Waals surface area contributed by atoms with Crippen LogP contribution in [-0.4, -0.2) is 57.6 Å². The largest absolute Gasteiger partial charge is 0.309 e. The van der Waals surface area contributed by atoms with Gasteiger partial charge >= 0.3 is 0 Å². The summed E-state index contributed by atoms with van der Waals surface area (Å²) in [6.07, 6.45) is 5.81. The Morgan fingerprint density at radius 3 is 2.50 bits per heavy atom. The summed E-state index contributed by atoms with van der Waals surface area (Å²) >= 11 is 0. The predicted molar refractivity (Wildman–Crippen MR) is 99.8 cm³/mol. The highest BCUT2D eigenvalue weighted by Gasteiger charge is 2.25. The van der Waals surface area contributed by atoms with Gasteiger partial charge < -0.3 is 4.90 Å². The molecular weight excluding hydrogens is 324 g/mol. The van der Waals surface area contributed by atoms with Crippen molar-refractivity contribution in [2.24, 2.45) is 5.10 Å². The van der Waals surface area contributed by atoms with Crippen molar-refractivity contribution in [3.63, 3.8) is 0 Å². The molecule has 1 N–H and O–H groups in total. The average molecular weight is 353 g/mol. The van der Waals surface area contributed by atoms with Gasteiger partial charge in [-0.2, -0.15) is 5.10 Å². The van der Waals surface area contributed by atoms with Crippen molar-refractivity contribution in [1.82, 2.24) is 9.21 Å². The molecule has 0 saturated carbocycles. The van der Waals surface area contributed by atoms with Crippen molar-refractivity contribution in [2.75, 3.05) is 39.2 Å². The number of nitrogens with one attached hydrogen (secondary N) is 1. The third-order valence-electron chi connectivity index (χ3n) is 3.98. The third kappa shape index (κ3) is 6.22. The molecule has 1 aromatic rings. The molecule has 2 rings (SSSR count). The molecule has 0 bridgehead atoms. The maximum atomic E-state index is 12.3. The number of hydrogen-bond donors (Lipinski definition) is 1. The lowest BCUT2D eigenvalue weighted by atomic mass is 10.2. The number of sulfonamides is 1. The zero-order chi connectivity index (χ0) is 17.4. The Labute approximate surface area is 145 Å². The van der Waals surface area contributed by atoms with E-state index < -0.39 is 10.0 Å². The Hall–Kier alpha value is -1.44. The number of nitrogens with zero attached hydrogens (tertiary/aromatic N) is 3. The van der Waals surface area contributed by atoms with E-state index >= 15 is 0 Å². The van der Waals surface area contributed by atoms with Gasteiger partial charge in [-0.05, 0) is 64.0 Å². The van der Waals surface area contributed by atoms with Crippen molar-refractivity contribution in [3.05, 3.63) is 29.8 Å². The number of rotatable bonds is 9. The molecule has 134 valence electrons. The molecule has 1 saturated heterocycles. The van der Waals surface area contributed by atoms with E-state index in [-0.39, 0.29) is 5.75 Å². The molecular formula is C17H28N4O2S. The topological polar surface area (TPSA) is 65.0 Å². The molecule has 0 amide bonds. The molecule has 0 aliphatic carbocycles. The van der Waals surface area contributed by atoms with Crippen molar-refractivity contribution >= 4 is 21.9 Å². The summed E-state index contributed by atoms with van der Waals surface area (Å²) in [5.41, 5.74) is 4.64. The first-order valence-electron chi connectivity index (χ1n) is 8.46. The number of anilines is 1. The van der Waals surface area contributed by atoms with E-state index in [0.717, 1.165) is 43.5 Å². The summed E-state index contributed by atoms with van der Waals surface area (Å²) < 4.78 is 26.2. The van der Waals surface area contributed by atoms with Crippen molar-refractivity contribution in [2.45, 2.75) is 31.4 Å². The maximum absolute atomic E-state index is 12.3. The fraction of sp³-hybridized carbons (Fsp3) is 0.588. The third-order valence-corrected chi connectivity index (χ3v) is 5.83. The monoisotopic (exact) mass is 352 g/mol. The van der Waals surface area contributed by atoms with Crippen LogP contribution in [0.2, 0.25) is 0 Å². The van der Waals surface area contributed by atoms with E-state index in [1.807, 2.05) is 30.5 Å². The van der Waals surface area contributed by atoms with Crippen LogP contribution >= 0.6 is 0 Å². The molecule has 24 heavy (non-hydrogen) atoms. The molecule has 6 nitrogen and oxygen atoms in total. The van der Waals surface area contributed by atoms with E-state index in [4.69, 9.17) is 0 Å². The molecule has 1 fully saturated rings. The smallest absolute Gasteiger partial charge is 0.218 e. The van der Waals surface area contributed by atoms with Crippen LogP contribution in [0.15, 0.2) is 29.4 Å². The van der Waals surface area contributed by atoms with Crippen LogP contribution in [0, 0.1) is 0 Å². The summed E-state index contributed by atoms with van der Waals surface area (Å²) in [5.74, 6) is 0.0705. The second kappa shape index (κ2) is 9.15. The van der Waals surface area contributed by atoms with Crippen LogP contribution in [-0.2, 0) is 15.8 Å². The van der Waals surface area contributed by atoms with E-state index in [2.05, 4.69) is 29.5 Å². The van der Waals surface area contributed by atoms with E-state index in [1.54, 1.807) is 4.31 Å². The van der Waals surface area contributed by atoms with Crippen molar-refractivity contribution < 1.29 is 8.42 Å². The quantitative estimate of drug-likeness (QED) is 0.421. The SMILES string of the molecule is CN(C)CCC/C=N/Nc1ccc(CS(=O)(=O)N2CCCC2)cc1. The minimum absolute atomic E-state index is 0.0705. The number of benzene rings is 1. The Balaban J connectivity index is 1.79. The molecule has 0 radical (unpaired) electrons. The molecule has 1 aromatic carbocycles. The van der Waals surface area contributed by atoms with Gasteiger partial charge in [-0.15, -0.1) is 0 Å². The number of unbranched alkanes of at least 4 members (excludes halogenated alkanes) is 1. The Morgan fingerprint density at radius 1 is 1.21 bits per heavy atom. The summed E-state index contributed by atoms with van der Waals surface area (Å²) in [6.45, 7) is 2.36. The van der Waals surface area contributed by atoms with Gasteiger partial charge in [-0.25, -0.2) is 12.7 Å². The second-order valence-electron chi connectivity index (χ2n) is 6.43. The molecule has 0 spiro atoms. The lowest BCUT2D eigenvalue weighted by molar-refractivity contribution is 0.404. The normalized spacial score (nSPS) is 16.3. The van der Waals surface area contributed by atoms with Gasteiger partial charge in [0.05, 0.1) is 11.4 Å². The highest BCUT2D eigenvalue weighted by Crippen LogP contribution is 2.18. The number of hydrogen-bond acceptors (Lipinski definition) is 5. The first-order chi connectivity index (χ1) is 11.5. The van der Waals surface area contributed by atoms with Crippen LogP contribution in [0.4, 0.5) is 5.69 Å². The minimum atomic E-state index is -3.18. The molecule has 0 unspecified atom stereocenters. The lowest BCUT2D eigenvalue weighted by Crippen LogP contribution is -2.29. The van der Waals surface area contributed by atoms with E-state index in [1.165, 1.54) is 0 Å². The van der Waals surface area contributed by atoms with Gasteiger partial charge in [0, 0.05) is 19.3 Å². The molecule has 0 aromatic heterocycles. The lowest BCUT2D eigenvalue weighted by Gasteiger charge is -2.15. The van der Waals surface area contributed by atoms with Gasteiger partial charge in [0.1, 0.15) is 0 Å². The Morgan fingerprint density at radius 2 is 1.88 bits per heavy atom. The molecule has 1 heterocycles. The fourth-order valence-corrected chi connectivity index (χ4v) is 4.24. The first kappa shape index (κ1) is 18.9. The zero-order valence-electron chi connectivity index (χ0n) is 14.6. The highest BCUT2D eigenvalue weighted by molar-refractivity contribution is 7.88. The van der Waals surface area contributed by atoms with Gasteiger partial charge in [-0.1, -0.05) is 12.1 Å². The van der Waals surface area contributed by atoms with E-state index in [0.29, 0.717) is 13.1 Å². The average Bonchev–Trinajstić information content (AvgIpc) is 3.07. The van der Waals surface area contributed by atoms with Crippen LogP contribution < -0.4 is 5.43 Å². The summed E-state index contributed by atoms with van der Waals surface area (Å²) in [4.78, 5) is 2.15. The molecule has 0 atom stereocenters. The predicted octanol–water partition coefficient (Wildman–Crippen LogP) is 2.35. The Kier molecular flexibility index (Phi) is 7.20. The minimum Gasteiger partial charge on any atom is -0.309 e. The van der Waals surface area contributed by atoms with Gasteiger partial charge in [0.15, 0.2) is 0 Å². The standard InChI is InChI=1S/C17H28N4O2S/c1-20(2)12-4-3-11-18-19-17-9-7-16(8-10-17)15-24(22,23)21-13-5-6-14-21/h7-11,19H,3-6,12-15H2,1-2H3/b18-11+. The van der Waals surface area contributed by atoms with Gasteiger partial charge in [-0.3, -0.25) is 5.43 Å². The maximum Gasteiger partial charge on any atom is 0.218 e. The second-order valence-corrected chi connectivity index (χ2v) is 8.40. The van der Waals surface area contributed by atoms with E-state index in [9.17, 15) is 8.42 Å². The fourth-order valence-electron chi connectivity index (χ4n) is 2.63. The summed E-state index contributed by atoms with van der Waals surface area (Å²) in [5, 5.41) is 4.19. The van der Waals surface area contributed by atoms with Crippen molar-refractivity contribution in [1.29, 1.82) is 0 Å². The molecule has 1 aliphatic heterocycles. The first-order valence-corrected chi connectivity index (χ1v) is 10.1. The van der Waals surface area contributed by atoms with Gasteiger partial charge in [0.2, 0.25) is 10.0 Å². The van der Waals surface area contributed by atoms with Crippen LogP contribution in [0.1, 0.15) is 31.2 Å². The number of hydrazone groups is 1. The molecule has 7 heteroatoms. The molecule has 1 aliphatic rings. The Bertz CT molecular complexity index is 620.